The Balaban J connectivity index is 1.39. The molecule has 2 aliphatic heterocycles. The number of carboxylic acids is 1. The number of hydrogen-bond acceptors (Lipinski definition) is 5. The Morgan fingerprint density at radius 3 is 2.75 bits per heavy atom. The van der Waals surface area contributed by atoms with Gasteiger partial charge in [0.25, 0.3) is 5.91 Å². The zero-order valence-corrected chi connectivity index (χ0v) is 24.5. The predicted molar refractivity (Wildman–Crippen MR) is 164 cm³/mol. The van der Waals surface area contributed by atoms with E-state index in [4.69, 9.17) is 4.74 Å². The molecule has 1 amide bonds. The van der Waals surface area contributed by atoms with Crippen LogP contribution in [0.3, 0.4) is 0 Å². The van der Waals surface area contributed by atoms with Gasteiger partial charge in [-0.2, -0.15) is 0 Å². The van der Waals surface area contributed by atoms with Crippen LogP contribution in [0.5, 0.6) is 5.75 Å². The first kappa shape index (κ1) is 27.7. The fourth-order valence-corrected chi connectivity index (χ4v) is 6.68. The van der Waals surface area contributed by atoms with Crippen LogP contribution in [0, 0.1) is 0 Å². The smallest absolute Gasteiger partial charge is 0.337 e. The molecule has 0 radical (unpaired) electrons. The van der Waals surface area contributed by atoms with Gasteiger partial charge < -0.3 is 22.4 Å². The Morgan fingerprint density at radius 1 is 1.12 bits per heavy atom. The number of benzene rings is 1. The SMILES string of the molecule is C=C/C(=C\C=C\c1cncc(C(=O)O)c1)C(=O)N1CCCCC2(CC1)c1cccn1-c1ccc(OC)cc1N2I. The van der Waals surface area contributed by atoms with Crippen molar-refractivity contribution in [2.24, 2.45) is 0 Å². The van der Waals surface area contributed by atoms with Gasteiger partial charge in [-0.25, -0.2) is 4.79 Å². The molecule has 1 saturated heterocycles. The van der Waals surface area contributed by atoms with Crippen LogP contribution in [0.2, 0.25) is 0 Å². The number of allylic oxidation sites excluding steroid dienone is 2. The molecule has 0 aliphatic carbocycles. The summed E-state index contributed by atoms with van der Waals surface area (Å²) in [5.41, 5.74) is 4.40. The lowest BCUT2D eigenvalue weighted by Gasteiger charge is -2.48. The number of nitrogens with zero attached hydrogens (tertiary/aromatic N) is 4. The maximum atomic E-state index is 13.6. The lowest BCUT2D eigenvalue weighted by molar-refractivity contribution is -0.127. The molecule has 1 fully saturated rings. The number of carbonyl (C=O) groups excluding carboxylic acids is 1. The van der Waals surface area contributed by atoms with Crippen LogP contribution >= 0.6 is 22.9 Å². The van der Waals surface area contributed by atoms with Crippen LogP contribution in [0.25, 0.3) is 11.8 Å². The first-order valence-corrected chi connectivity index (χ1v) is 14.1. The first-order valence-electron chi connectivity index (χ1n) is 13.2. The van der Waals surface area contributed by atoms with E-state index in [1.165, 1.54) is 18.0 Å². The standard InChI is InChI=1S/C31H31IN4O4/c1-3-23(9-6-8-22-18-24(30(38)39)21-33-20-22)29(37)34-15-5-4-13-31(14-17-34)28-10-7-16-35(28)26-12-11-25(40-2)19-27(26)36(31)32/h3,6-12,16,18-21H,1,4-5,13-15,17H2,2H3,(H,38,39)/b8-6+,23-9+. The summed E-state index contributed by atoms with van der Waals surface area (Å²) in [5, 5.41) is 9.19. The van der Waals surface area contributed by atoms with Crippen LogP contribution in [-0.4, -0.2) is 51.6 Å². The molecule has 1 unspecified atom stereocenters. The zero-order valence-electron chi connectivity index (χ0n) is 22.3. The third-order valence-electron chi connectivity index (χ3n) is 7.64. The Bertz CT molecular complexity index is 1510. The average Bonchev–Trinajstić information content (AvgIpc) is 3.45. The number of halogens is 1. The molecule has 4 heterocycles. The van der Waals surface area contributed by atoms with Crippen molar-refractivity contribution in [2.45, 2.75) is 31.2 Å². The van der Waals surface area contributed by atoms with Crippen molar-refractivity contribution in [3.63, 3.8) is 0 Å². The van der Waals surface area contributed by atoms with Gasteiger partial charge in [-0.15, -0.1) is 0 Å². The van der Waals surface area contributed by atoms with Crippen LogP contribution in [-0.2, 0) is 10.3 Å². The summed E-state index contributed by atoms with van der Waals surface area (Å²) in [6.45, 7) is 5.16. The van der Waals surface area contributed by atoms with Gasteiger partial charge in [0.05, 0.1) is 52.5 Å². The van der Waals surface area contributed by atoms with Gasteiger partial charge in [-0.3, -0.25) is 9.78 Å². The van der Waals surface area contributed by atoms with Gasteiger partial charge in [-0.05, 0) is 67.7 Å². The third-order valence-corrected chi connectivity index (χ3v) is 9.09. The molecule has 40 heavy (non-hydrogen) atoms. The van der Waals surface area contributed by atoms with Gasteiger partial charge in [0.2, 0.25) is 0 Å². The van der Waals surface area contributed by atoms with Crippen molar-refractivity contribution in [3.8, 4) is 11.4 Å². The van der Waals surface area contributed by atoms with Crippen molar-refractivity contribution in [1.29, 1.82) is 0 Å². The lowest BCUT2D eigenvalue weighted by atomic mass is 9.82. The maximum Gasteiger partial charge on any atom is 0.337 e. The monoisotopic (exact) mass is 650 g/mol. The number of methoxy groups -OCH3 is 1. The quantitative estimate of drug-likeness (QED) is 0.149. The molecule has 0 saturated carbocycles. The minimum absolute atomic E-state index is 0.0672. The van der Waals surface area contributed by atoms with E-state index < -0.39 is 5.97 Å². The molecule has 206 valence electrons. The lowest BCUT2D eigenvalue weighted by Crippen LogP contribution is -2.49. The van der Waals surface area contributed by atoms with Crippen LogP contribution in [0.15, 0.2) is 85.4 Å². The minimum atomic E-state index is -1.03. The normalized spacial score (nSPS) is 19.1. The van der Waals surface area contributed by atoms with Crippen LogP contribution in [0.1, 0.15) is 47.3 Å². The van der Waals surface area contributed by atoms with Crippen molar-refractivity contribution in [2.75, 3.05) is 23.3 Å². The molecule has 3 aromatic rings. The van der Waals surface area contributed by atoms with Gasteiger partial charge in [0.1, 0.15) is 5.75 Å². The molecular weight excluding hydrogens is 619 g/mol. The number of anilines is 1. The number of ether oxygens (including phenoxy) is 1. The molecule has 0 bridgehead atoms. The number of amides is 1. The largest absolute Gasteiger partial charge is 0.497 e. The highest BCUT2D eigenvalue weighted by molar-refractivity contribution is 14.1. The van der Waals surface area contributed by atoms with E-state index >= 15 is 0 Å². The average molecular weight is 651 g/mol. The number of pyridine rings is 1. The van der Waals surface area contributed by atoms with Gasteiger partial charge in [-0.1, -0.05) is 24.8 Å². The number of rotatable bonds is 6. The molecule has 5 rings (SSSR count). The second-order valence-electron chi connectivity index (χ2n) is 9.93. The van der Waals surface area contributed by atoms with Crippen LogP contribution < -0.4 is 7.85 Å². The molecule has 2 aromatic heterocycles. The Morgan fingerprint density at radius 2 is 1.98 bits per heavy atom. The topological polar surface area (TPSA) is 87.9 Å². The number of aromatic carboxylic acids is 1. The summed E-state index contributed by atoms with van der Waals surface area (Å²) >= 11 is 2.44. The van der Waals surface area contributed by atoms with Crippen molar-refractivity contribution in [1.82, 2.24) is 14.5 Å². The zero-order chi connectivity index (χ0) is 28.3. The molecule has 1 aromatic carbocycles. The summed E-state index contributed by atoms with van der Waals surface area (Å²) in [7, 11) is 1.68. The second-order valence-corrected chi connectivity index (χ2v) is 10.9. The number of aromatic nitrogens is 2. The Labute approximate surface area is 247 Å². The number of carboxylic acid groups (broad SMARTS) is 1. The summed E-state index contributed by atoms with van der Waals surface area (Å²) < 4.78 is 10.2. The summed E-state index contributed by atoms with van der Waals surface area (Å²) in [6.07, 6.45) is 15.4. The maximum absolute atomic E-state index is 13.6. The molecular formula is C31H31IN4O4. The number of fused-ring (bicyclic) bond motifs is 4. The van der Waals surface area contributed by atoms with E-state index in [0.717, 1.165) is 42.8 Å². The molecule has 2 aliphatic rings. The number of hydrogen-bond donors (Lipinski definition) is 1. The highest BCUT2D eigenvalue weighted by Crippen LogP contribution is 2.50. The molecule has 1 atom stereocenters. The van der Waals surface area contributed by atoms with Gasteiger partial charge >= 0.3 is 5.97 Å². The summed E-state index contributed by atoms with van der Waals surface area (Å²) in [4.78, 5) is 30.8. The number of carbonyl (C=O) groups is 2. The van der Waals surface area contributed by atoms with E-state index in [2.05, 4.69) is 72.6 Å². The van der Waals surface area contributed by atoms with Crippen molar-refractivity contribution >= 4 is 46.5 Å². The van der Waals surface area contributed by atoms with Crippen molar-refractivity contribution < 1.29 is 19.4 Å². The van der Waals surface area contributed by atoms with E-state index in [9.17, 15) is 14.7 Å². The Hall–Kier alpha value is -3.86. The predicted octanol–water partition coefficient (Wildman–Crippen LogP) is 6.17. The minimum Gasteiger partial charge on any atom is -0.497 e. The van der Waals surface area contributed by atoms with Crippen LogP contribution in [0.4, 0.5) is 5.69 Å². The molecule has 1 spiro atoms. The molecule has 8 nitrogen and oxygen atoms in total. The first-order chi connectivity index (χ1) is 19.4. The summed E-state index contributed by atoms with van der Waals surface area (Å²) in [6, 6.07) is 12.0. The van der Waals surface area contributed by atoms with E-state index in [1.54, 1.807) is 37.6 Å². The van der Waals surface area contributed by atoms with E-state index in [1.807, 2.05) is 11.0 Å². The highest BCUT2D eigenvalue weighted by Gasteiger charge is 2.45. The molecule has 1 N–H and O–H groups in total. The fourth-order valence-electron chi connectivity index (χ4n) is 5.56. The van der Waals surface area contributed by atoms with Gasteiger partial charge in [0, 0.05) is 49.0 Å². The van der Waals surface area contributed by atoms with E-state index in [0.29, 0.717) is 24.2 Å². The van der Waals surface area contributed by atoms with Gasteiger partial charge in [0.15, 0.2) is 0 Å². The highest BCUT2D eigenvalue weighted by atomic mass is 127. The second kappa shape index (κ2) is 11.7. The van der Waals surface area contributed by atoms with Crippen molar-refractivity contribution in [3.05, 3.63) is 102 Å². The Kier molecular flexibility index (Phi) is 8.11. The fraction of sp³-hybridized carbons (Fsp3) is 0.258. The molecule has 9 heteroatoms. The summed E-state index contributed by atoms with van der Waals surface area (Å²) in [5.74, 6) is -0.288. The third kappa shape index (κ3) is 5.17. The number of likely N-dealkylation sites (tertiary alicyclic amines) is 1. The van der Waals surface area contributed by atoms with E-state index in [-0.39, 0.29) is 17.0 Å².